The highest BCUT2D eigenvalue weighted by Crippen LogP contribution is 2.26. The third-order valence-corrected chi connectivity index (χ3v) is 5.63. The number of amides is 2. The molecule has 4 rings (SSSR count). The van der Waals surface area contributed by atoms with Gasteiger partial charge in [0.25, 0.3) is 11.8 Å². The van der Waals surface area contributed by atoms with Gasteiger partial charge < -0.3 is 9.30 Å². The number of hydrogen-bond acceptors (Lipinski definition) is 4. The number of anilines is 1. The Morgan fingerprint density at radius 2 is 1.74 bits per heavy atom. The lowest BCUT2D eigenvalue weighted by Gasteiger charge is -2.29. The molecule has 0 bridgehead atoms. The van der Waals surface area contributed by atoms with Crippen molar-refractivity contribution in [3.63, 3.8) is 0 Å². The zero-order chi connectivity index (χ0) is 22.1. The van der Waals surface area contributed by atoms with Crippen molar-refractivity contribution in [2.45, 2.75) is 13.8 Å². The summed E-state index contributed by atoms with van der Waals surface area (Å²) in [5.41, 5.74) is 4.55. The van der Waals surface area contributed by atoms with E-state index in [4.69, 9.17) is 17.0 Å². The Kier molecular flexibility index (Phi) is 5.44. The van der Waals surface area contributed by atoms with E-state index in [2.05, 4.69) is 5.32 Å². The molecule has 1 fully saturated rings. The van der Waals surface area contributed by atoms with E-state index in [0.29, 0.717) is 11.4 Å². The molecule has 1 N–H and O–H groups in total. The molecule has 0 radical (unpaired) electrons. The van der Waals surface area contributed by atoms with Crippen LogP contribution < -0.4 is 15.0 Å². The minimum atomic E-state index is -0.520. The molecule has 2 amide bonds. The summed E-state index contributed by atoms with van der Waals surface area (Å²) in [4.78, 5) is 27.2. The van der Waals surface area contributed by atoms with Gasteiger partial charge in [0.2, 0.25) is 0 Å². The number of nitrogens with one attached hydrogen (secondary N) is 1. The molecule has 0 spiro atoms. The summed E-state index contributed by atoms with van der Waals surface area (Å²) < 4.78 is 7.13. The summed E-state index contributed by atoms with van der Waals surface area (Å²) in [6.07, 6.45) is 3.50. The van der Waals surface area contributed by atoms with Crippen molar-refractivity contribution in [3.05, 3.63) is 83.2 Å². The van der Waals surface area contributed by atoms with Crippen LogP contribution in [0, 0.1) is 13.8 Å². The van der Waals surface area contributed by atoms with Gasteiger partial charge in [-0.3, -0.25) is 19.8 Å². The standard InChI is InChI=1S/C24H21N3O3S/c1-15-6-4-8-21(16(15)2)26-13-5-7-18(26)14-20-22(28)25-24(31)27(23(20)29)17-9-11-19(30-3)12-10-17/h4-14H,1-3H3,(H,25,28,31)/b20-14+. The molecule has 2 aromatic carbocycles. The molecule has 3 aromatic rings. The van der Waals surface area contributed by atoms with Gasteiger partial charge in [-0.05, 0) is 85.7 Å². The van der Waals surface area contributed by atoms with Gasteiger partial charge in [-0.2, -0.15) is 0 Å². The fourth-order valence-corrected chi connectivity index (χ4v) is 3.78. The molecule has 0 atom stereocenters. The van der Waals surface area contributed by atoms with Crippen molar-refractivity contribution in [1.29, 1.82) is 0 Å². The zero-order valence-corrected chi connectivity index (χ0v) is 18.2. The van der Waals surface area contributed by atoms with Crippen molar-refractivity contribution < 1.29 is 14.3 Å². The van der Waals surface area contributed by atoms with Gasteiger partial charge in [-0.1, -0.05) is 12.1 Å². The van der Waals surface area contributed by atoms with Crippen LogP contribution in [0.1, 0.15) is 16.8 Å². The van der Waals surface area contributed by atoms with E-state index in [-0.39, 0.29) is 10.7 Å². The van der Waals surface area contributed by atoms with Gasteiger partial charge in [-0.15, -0.1) is 0 Å². The molecule has 2 heterocycles. The number of aromatic nitrogens is 1. The quantitative estimate of drug-likeness (QED) is 0.386. The normalized spacial score (nSPS) is 15.4. The van der Waals surface area contributed by atoms with Gasteiger partial charge in [0.05, 0.1) is 12.8 Å². The van der Waals surface area contributed by atoms with E-state index < -0.39 is 11.8 Å². The first-order chi connectivity index (χ1) is 14.9. The second kappa shape index (κ2) is 8.20. The SMILES string of the molecule is COc1ccc(N2C(=O)/C(=C/c3cccn3-c3cccc(C)c3C)C(=O)NC2=S)cc1. The minimum absolute atomic E-state index is 0.00896. The molecule has 156 valence electrons. The van der Waals surface area contributed by atoms with Crippen molar-refractivity contribution in [1.82, 2.24) is 9.88 Å². The van der Waals surface area contributed by atoms with Gasteiger partial charge in [0.1, 0.15) is 11.3 Å². The smallest absolute Gasteiger partial charge is 0.270 e. The van der Waals surface area contributed by atoms with Crippen molar-refractivity contribution >= 4 is 40.9 Å². The van der Waals surface area contributed by atoms with Gasteiger partial charge in [-0.25, -0.2) is 0 Å². The van der Waals surface area contributed by atoms with Gasteiger partial charge in [0.15, 0.2) is 5.11 Å². The highest BCUT2D eigenvalue weighted by atomic mass is 32.1. The Morgan fingerprint density at radius 1 is 1.00 bits per heavy atom. The lowest BCUT2D eigenvalue weighted by molar-refractivity contribution is -0.122. The van der Waals surface area contributed by atoms with Crippen LogP contribution in [0.3, 0.4) is 0 Å². The largest absolute Gasteiger partial charge is 0.497 e. The summed E-state index contributed by atoms with van der Waals surface area (Å²) in [6, 6.07) is 16.7. The first-order valence-corrected chi connectivity index (χ1v) is 10.1. The zero-order valence-electron chi connectivity index (χ0n) is 17.4. The predicted molar refractivity (Wildman–Crippen MR) is 124 cm³/mol. The number of thiocarbonyl (C=S) groups is 1. The molecule has 1 aliphatic heterocycles. The summed E-state index contributed by atoms with van der Waals surface area (Å²) >= 11 is 5.27. The molecule has 0 saturated carbocycles. The number of carbonyl (C=O) groups is 2. The highest BCUT2D eigenvalue weighted by molar-refractivity contribution is 7.80. The minimum Gasteiger partial charge on any atom is -0.497 e. The van der Waals surface area contributed by atoms with Crippen LogP contribution in [-0.4, -0.2) is 28.6 Å². The van der Waals surface area contributed by atoms with E-state index in [0.717, 1.165) is 22.5 Å². The van der Waals surface area contributed by atoms with Crippen LogP contribution in [0.25, 0.3) is 11.8 Å². The fourth-order valence-electron chi connectivity index (χ4n) is 3.50. The second-order valence-electron chi connectivity index (χ2n) is 7.18. The molecule has 31 heavy (non-hydrogen) atoms. The number of hydrogen-bond donors (Lipinski definition) is 1. The Hall–Kier alpha value is -3.71. The number of benzene rings is 2. The van der Waals surface area contributed by atoms with Crippen molar-refractivity contribution in [2.24, 2.45) is 0 Å². The fraction of sp³-hybridized carbons (Fsp3) is 0.125. The average molecular weight is 432 g/mol. The highest BCUT2D eigenvalue weighted by Gasteiger charge is 2.34. The molecular weight excluding hydrogens is 410 g/mol. The number of rotatable bonds is 4. The first kappa shape index (κ1) is 20.6. The molecule has 6 nitrogen and oxygen atoms in total. The van der Waals surface area contributed by atoms with Crippen LogP contribution in [0.5, 0.6) is 5.75 Å². The lowest BCUT2D eigenvalue weighted by atomic mass is 10.1. The molecular formula is C24H21N3O3S. The molecule has 1 saturated heterocycles. The number of ether oxygens (including phenoxy) is 1. The monoisotopic (exact) mass is 431 g/mol. The lowest BCUT2D eigenvalue weighted by Crippen LogP contribution is -2.54. The van der Waals surface area contributed by atoms with Gasteiger partial charge in [0, 0.05) is 17.6 Å². The molecule has 1 aliphatic rings. The molecule has 0 aliphatic carbocycles. The van der Waals surface area contributed by atoms with E-state index in [1.165, 1.54) is 4.90 Å². The Bertz CT molecular complexity index is 1230. The van der Waals surface area contributed by atoms with Crippen LogP contribution in [0.15, 0.2) is 66.4 Å². The average Bonchev–Trinajstić information content (AvgIpc) is 3.21. The predicted octanol–water partition coefficient (Wildman–Crippen LogP) is 3.93. The van der Waals surface area contributed by atoms with E-state index in [1.54, 1.807) is 37.5 Å². The molecule has 1 aromatic heterocycles. The summed E-state index contributed by atoms with van der Waals surface area (Å²) in [5.74, 6) is -0.341. The van der Waals surface area contributed by atoms with Gasteiger partial charge >= 0.3 is 0 Å². The maximum Gasteiger partial charge on any atom is 0.270 e. The number of carbonyl (C=O) groups excluding carboxylic acids is 2. The van der Waals surface area contributed by atoms with E-state index >= 15 is 0 Å². The van der Waals surface area contributed by atoms with Crippen LogP contribution in [0.2, 0.25) is 0 Å². The third kappa shape index (κ3) is 3.75. The first-order valence-electron chi connectivity index (χ1n) is 9.70. The Balaban J connectivity index is 1.75. The molecule has 0 unspecified atom stereocenters. The van der Waals surface area contributed by atoms with Crippen LogP contribution in [-0.2, 0) is 9.59 Å². The Labute approximate surface area is 185 Å². The van der Waals surface area contributed by atoms with E-state index in [9.17, 15) is 9.59 Å². The topological polar surface area (TPSA) is 63.6 Å². The molecule has 7 heteroatoms. The number of aryl methyl sites for hydroxylation is 1. The summed E-state index contributed by atoms with van der Waals surface area (Å²) in [7, 11) is 1.57. The Morgan fingerprint density at radius 3 is 2.45 bits per heavy atom. The number of nitrogens with zero attached hydrogens (tertiary/aromatic N) is 2. The third-order valence-electron chi connectivity index (χ3n) is 5.34. The maximum absolute atomic E-state index is 13.3. The van der Waals surface area contributed by atoms with Crippen molar-refractivity contribution in [2.75, 3.05) is 12.0 Å². The van der Waals surface area contributed by atoms with Crippen molar-refractivity contribution in [3.8, 4) is 11.4 Å². The number of methoxy groups -OCH3 is 1. The maximum atomic E-state index is 13.3. The summed E-state index contributed by atoms with van der Waals surface area (Å²) in [5, 5.41) is 2.66. The van der Waals surface area contributed by atoms with Crippen LogP contribution >= 0.6 is 12.2 Å². The van der Waals surface area contributed by atoms with Crippen LogP contribution in [0.4, 0.5) is 5.69 Å². The van der Waals surface area contributed by atoms with E-state index in [1.807, 2.05) is 54.9 Å². The summed E-state index contributed by atoms with van der Waals surface area (Å²) in [6.45, 7) is 4.09. The second-order valence-corrected chi connectivity index (χ2v) is 7.56.